The smallest absolute Gasteiger partial charge is 0.445 e. The largest absolute Gasteiger partial charge is 0.502 e. The number of hydrogen-bond acceptors (Lipinski definition) is 1. The van der Waals surface area contributed by atoms with Crippen molar-refractivity contribution in [1.29, 1.82) is 0 Å². The highest BCUT2D eigenvalue weighted by Gasteiger charge is 2.22. The van der Waals surface area contributed by atoms with Gasteiger partial charge in [-0.2, -0.15) is 0 Å². The maximum atomic E-state index is 11.9. The lowest BCUT2D eigenvalue weighted by molar-refractivity contribution is 0.0487. The van der Waals surface area contributed by atoms with E-state index in [0.29, 0.717) is 31.0 Å². The van der Waals surface area contributed by atoms with E-state index in [0.717, 1.165) is 0 Å². The van der Waals surface area contributed by atoms with Crippen molar-refractivity contribution in [3.05, 3.63) is 11.5 Å². The van der Waals surface area contributed by atoms with Crippen LogP contribution in [0.1, 0.15) is 19.8 Å². The Labute approximate surface area is 69.6 Å². The highest BCUT2D eigenvalue weighted by atomic mass is 19.4. The summed E-state index contributed by atoms with van der Waals surface area (Å²) >= 11 is 0. The van der Waals surface area contributed by atoms with Gasteiger partial charge in [-0.25, -0.2) is 0 Å². The quantitative estimate of drug-likeness (QED) is 0.561. The molecule has 1 heterocycles. The van der Waals surface area contributed by atoms with E-state index in [-0.39, 0.29) is 6.10 Å². The molecule has 0 aliphatic carbocycles. The van der Waals surface area contributed by atoms with Crippen molar-refractivity contribution in [3.8, 4) is 0 Å². The van der Waals surface area contributed by atoms with Crippen LogP contribution in [0.4, 0.5) is 12.9 Å². The maximum Gasteiger partial charge on any atom is 0.502 e. The van der Waals surface area contributed by atoms with E-state index in [4.69, 9.17) is 4.74 Å². The molecule has 0 spiro atoms. The third kappa shape index (κ3) is 3.30. The Morgan fingerprint density at radius 3 is 2.67 bits per heavy atom. The Balaban J connectivity index is 2.56. The van der Waals surface area contributed by atoms with Crippen molar-refractivity contribution >= 4 is 6.98 Å². The van der Waals surface area contributed by atoms with Crippen molar-refractivity contribution in [1.82, 2.24) is 0 Å². The fraction of sp³-hybridized carbons (Fsp3) is 0.714. The van der Waals surface area contributed by atoms with Crippen molar-refractivity contribution in [3.63, 3.8) is 0 Å². The van der Waals surface area contributed by atoms with Crippen LogP contribution in [0.5, 0.6) is 0 Å². The molecule has 5 heteroatoms. The van der Waals surface area contributed by atoms with E-state index in [2.05, 4.69) is 0 Å². The fourth-order valence-corrected chi connectivity index (χ4v) is 1.34. The van der Waals surface area contributed by atoms with Crippen molar-refractivity contribution in [2.45, 2.75) is 25.9 Å². The lowest BCUT2D eigenvalue weighted by atomic mass is 9.85. The molecule has 70 valence electrons. The molecule has 0 aromatic carbocycles. The second kappa shape index (κ2) is 3.52. The summed E-state index contributed by atoms with van der Waals surface area (Å²) in [5.74, 6) is 0.457. The molecule has 0 aromatic rings. The van der Waals surface area contributed by atoms with Crippen molar-refractivity contribution in [2.24, 2.45) is 0 Å². The van der Waals surface area contributed by atoms with Crippen LogP contribution in [0.2, 0.25) is 0 Å². The molecule has 1 aliphatic rings. The van der Waals surface area contributed by atoms with Gasteiger partial charge in [-0.3, -0.25) is 0 Å². The van der Waals surface area contributed by atoms with Gasteiger partial charge in [-0.05, 0) is 19.8 Å². The lowest BCUT2D eigenvalue weighted by Gasteiger charge is -2.23. The van der Waals surface area contributed by atoms with E-state index >= 15 is 0 Å². The molecule has 0 N–H and O–H groups in total. The van der Waals surface area contributed by atoms with Gasteiger partial charge in [-0.15, -0.1) is 5.98 Å². The molecule has 0 amide bonds. The number of rotatable bonds is 1. The first-order valence-corrected chi connectivity index (χ1v) is 3.99. The summed E-state index contributed by atoms with van der Waals surface area (Å²) in [5.41, 5.74) is 0.473. The average molecular weight is 179 g/mol. The minimum absolute atomic E-state index is 0.0665. The highest BCUT2D eigenvalue weighted by molar-refractivity contribution is 6.64. The molecule has 1 atom stereocenters. The molecular weight excluding hydrogens is 168 g/mol. The molecule has 1 rings (SSSR count). The lowest BCUT2D eigenvalue weighted by Crippen LogP contribution is -2.20. The van der Waals surface area contributed by atoms with Gasteiger partial charge in [0.15, 0.2) is 0 Å². The zero-order valence-electron chi connectivity index (χ0n) is 6.90. The highest BCUT2D eigenvalue weighted by Crippen LogP contribution is 2.22. The second-order valence-corrected chi connectivity index (χ2v) is 3.09. The molecule has 1 saturated heterocycles. The second-order valence-electron chi connectivity index (χ2n) is 3.09. The molecule has 1 aliphatic heterocycles. The molecule has 0 radical (unpaired) electrons. The van der Waals surface area contributed by atoms with Crippen LogP contribution in [0.25, 0.3) is 0 Å². The van der Waals surface area contributed by atoms with E-state index in [1.54, 1.807) is 6.92 Å². The Hall–Kier alpha value is -0.445. The molecule has 1 nitrogen and oxygen atoms in total. The fourth-order valence-electron chi connectivity index (χ4n) is 1.34. The molecule has 1 unspecified atom stereocenters. The zero-order chi connectivity index (χ0) is 9.19. The summed E-state index contributed by atoms with van der Waals surface area (Å²) in [5, 5.41) is 0. The van der Waals surface area contributed by atoms with Gasteiger partial charge in [0.05, 0.1) is 12.7 Å². The summed E-state index contributed by atoms with van der Waals surface area (Å²) in [6.07, 6.45) is 0.774. The molecule has 1 fully saturated rings. The standard InChI is InChI=1S/C7H11BF3O/c1-6-4-7(2-3-12-6)5-8(9,10)11/h5-6H,2-4H2,1H3/q-1/b7-5-. The number of ether oxygens (including phenoxy) is 1. The summed E-state index contributed by atoms with van der Waals surface area (Å²) < 4.78 is 40.9. The third-order valence-electron chi connectivity index (χ3n) is 1.80. The summed E-state index contributed by atoms with van der Waals surface area (Å²) in [7, 11) is 0. The predicted octanol–water partition coefficient (Wildman–Crippen LogP) is 2.50. The summed E-state index contributed by atoms with van der Waals surface area (Å²) in [6.45, 7) is -2.56. The first-order valence-electron chi connectivity index (χ1n) is 3.99. The van der Waals surface area contributed by atoms with Gasteiger partial charge in [0.1, 0.15) is 0 Å². The summed E-state index contributed by atoms with van der Waals surface area (Å²) in [6, 6.07) is 0. The predicted molar refractivity (Wildman–Crippen MR) is 41.8 cm³/mol. The normalized spacial score (nSPS) is 29.3. The van der Waals surface area contributed by atoms with Gasteiger partial charge < -0.3 is 17.7 Å². The van der Waals surface area contributed by atoms with Crippen LogP contribution in [-0.4, -0.2) is 19.7 Å². The first-order chi connectivity index (χ1) is 5.47. The Morgan fingerprint density at radius 1 is 1.50 bits per heavy atom. The van der Waals surface area contributed by atoms with Crippen LogP contribution in [-0.2, 0) is 4.74 Å². The number of halogens is 3. The molecule has 0 saturated carbocycles. The molecule has 0 bridgehead atoms. The van der Waals surface area contributed by atoms with Crippen LogP contribution >= 0.6 is 0 Å². The van der Waals surface area contributed by atoms with Crippen LogP contribution in [0, 0.1) is 0 Å². The van der Waals surface area contributed by atoms with Gasteiger partial charge in [0.25, 0.3) is 0 Å². The van der Waals surface area contributed by atoms with E-state index < -0.39 is 6.98 Å². The van der Waals surface area contributed by atoms with Gasteiger partial charge in [0.2, 0.25) is 0 Å². The van der Waals surface area contributed by atoms with Gasteiger partial charge >= 0.3 is 6.98 Å². The van der Waals surface area contributed by atoms with Crippen LogP contribution in [0.3, 0.4) is 0 Å². The van der Waals surface area contributed by atoms with Gasteiger partial charge in [-0.1, -0.05) is 5.57 Å². The molecular formula is C7H11BF3O-. The monoisotopic (exact) mass is 179 g/mol. The van der Waals surface area contributed by atoms with Crippen molar-refractivity contribution < 1.29 is 17.7 Å². The topological polar surface area (TPSA) is 9.23 Å². The minimum atomic E-state index is -4.77. The SMILES string of the molecule is CC1C/C(=C\[B-](F)(F)F)CCO1. The number of hydrogen-bond donors (Lipinski definition) is 0. The van der Waals surface area contributed by atoms with Crippen molar-refractivity contribution in [2.75, 3.05) is 6.61 Å². The Kier molecular flexibility index (Phi) is 2.83. The van der Waals surface area contributed by atoms with E-state index in [1.807, 2.05) is 0 Å². The van der Waals surface area contributed by atoms with E-state index in [1.165, 1.54) is 0 Å². The van der Waals surface area contributed by atoms with E-state index in [9.17, 15) is 12.9 Å². The third-order valence-corrected chi connectivity index (χ3v) is 1.80. The molecule has 12 heavy (non-hydrogen) atoms. The van der Waals surface area contributed by atoms with Crippen LogP contribution in [0.15, 0.2) is 11.5 Å². The summed E-state index contributed by atoms with van der Waals surface area (Å²) in [4.78, 5) is 0. The average Bonchev–Trinajstić information content (AvgIpc) is 1.82. The Bertz CT molecular complexity index is 188. The minimum Gasteiger partial charge on any atom is -0.445 e. The molecule has 0 aromatic heterocycles. The Morgan fingerprint density at radius 2 is 2.17 bits per heavy atom. The maximum absolute atomic E-state index is 11.9. The van der Waals surface area contributed by atoms with Crippen LogP contribution < -0.4 is 0 Å². The van der Waals surface area contributed by atoms with Gasteiger partial charge in [0, 0.05) is 0 Å². The first kappa shape index (κ1) is 9.64. The zero-order valence-corrected chi connectivity index (χ0v) is 6.90.